The van der Waals surface area contributed by atoms with Gasteiger partial charge in [0.15, 0.2) is 16.6 Å². The van der Waals surface area contributed by atoms with Crippen LogP contribution in [-0.2, 0) is 11.4 Å². The van der Waals surface area contributed by atoms with Crippen LogP contribution in [0.2, 0.25) is 10.0 Å². The van der Waals surface area contributed by atoms with Gasteiger partial charge in [0.1, 0.15) is 12.3 Å². The van der Waals surface area contributed by atoms with Gasteiger partial charge in [-0.15, -0.1) is 0 Å². The van der Waals surface area contributed by atoms with Crippen molar-refractivity contribution in [2.24, 2.45) is 0 Å². The highest BCUT2D eigenvalue weighted by Gasteiger charge is 2.20. The minimum absolute atomic E-state index is 0.269. The number of carbonyl (C=O) groups is 1. The molecule has 2 aromatic rings. The van der Waals surface area contributed by atoms with Gasteiger partial charge in [0.05, 0.1) is 7.11 Å². The Morgan fingerprint density at radius 1 is 1.12 bits per heavy atom. The zero-order valence-electron chi connectivity index (χ0n) is 13.6. The molecule has 0 atom stereocenters. The van der Waals surface area contributed by atoms with Crippen LogP contribution < -0.4 is 20.1 Å². The lowest BCUT2D eigenvalue weighted by Gasteiger charge is -2.12. The summed E-state index contributed by atoms with van der Waals surface area (Å²) >= 11 is 17.0. The fraction of sp³-hybridized carbons (Fsp3) is 0.111. The first-order chi connectivity index (χ1) is 12.5. The molecule has 0 bridgehead atoms. The maximum Gasteiger partial charge on any atom is 0.273 e. The average Bonchev–Trinajstić information content (AvgIpc) is 2.92. The van der Waals surface area contributed by atoms with Crippen molar-refractivity contribution in [3.05, 3.63) is 63.3 Å². The largest absolute Gasteiger partial charge is 0.493 e. The van der Waals surface area contributed by atoms with Crippen molar-refractivity contribution in [1.82, 2.24) is 10.6 Å². The van der Waals surface area contributed by atoms with Crippen LogP contribution in [-0.4, -0.2) is 18.1 Å². The van der Waals surface area contributed by atoms with E-state index in [1.54, 1.807) is 37.5 Å². The summed E-state index contributed by atoms with van der Waals surface area (Å²) in [5, 5.41) is 6.69. The summed E-state index contributed by atoms with van der Waals surface area (Å²) in [5.41, 5.74) is 1.95. The van der Waals surface area contributed by atoms with Crippen LogP contribution in [0.1, 0.15) is 11.1 Å². The van der Waals surface area contributed by atoms with E-state index in [1.807, 2.05) is 12.1 Å². The van der Waals surface area contributed by atoms with E-state index in [1.165, 1.54) is 0 Å². The van der Waals surface area contributed by atoms with Crippen LogP contribution in [0.3, 0.4) is 0 Å². The summed E-state index contributed by atoms with van der Waals surface area (Å²) in [6, 6.07) is 10.6. The van der Waals surface area contributed by atoms with Gasteiger partial charge in [-0.3, -0.25) is 10.1 Å². The highest BCUT2D eigenvalue weighted by Crippen LogP contribution is 2.31. The number of hydrogen-bond donors (Lipinski definition) is 2. The second-order valence-electron chi connectivity index (χ2n) is 5.40. The standard InChI is InChI=1S/C18H14Cl2N2O3S/c1-24-16-7-10(6-14-17(23)22-18(26)21-14)2-5-15(16)25-9-11-3-4-12(19)8-13(11)20/h2-8H,9H2,1H3,(H2,21,22,23,26)/b14-6-. The van der Waals surface area contributed by atoms with Gasteiger partial charge in [-0.05, 0) is 48.1 Å². The molecule has 0 spiro atoms. The maximum absolute atomic E-state index is 11.7. The summed E-state index contributed by atoms with van der Waals surface area (Å²) in [6.45, 7) is 0.269. The van der Waals surface area contributed by atoms with Crippen LogP contribution in [0, 0.1) is 0 Å². The van der Waals surface area contributed by atoms with Crippen LogP contribution in [0.4, 0.5) is 0 Å². The zero-order valence-corrected chi connectivity index (χ0v) is 16.0. The molecule has 1 heterocycles. The topological polar surface area (TPSA) is 59.6 Å². The number of methoxy groups -OCH3 is 1. The monoisotopic (exact) mass is 408 g/mol. The van der Waals surface area contributed by atoms with Gasteiger partial charge in [-0.1, -0.05) is 35.3 Å². The summed E-state index contributed by atoms with van der Waals surface area (Å²) in [7, 11) is 1.55. The van der Waals surface area contributed by atoms with Gasteiger partial charge in [-0.2, -0.15) is 0 Å². The van der Waals surface area contributed by atoms with E-state index in [2.05, 4.69) is 10.6 Å². The quantitative estimate of drug-likeness (QED) is 0.579. The molecule has 8 heteroatoms. The summed E-state index contributed by atoms with van der Waals surface area (Å²) in [4.78, 5) is 11.7. The van der Waals surface area contributed by atoms with E-state index >= 15 is 0 Å². The smallest absolute Gasteiger partial charge is 0.273 e. The Kier molecular flexibility index (Phi) is 5.66. The second-order valence-corrected chi connectivity index (χ2v) is 6.65. The van der Waals surface area contributed by atoms with Crippen molar-refractivity contribution in [2.45, 2.75) is 6.61 Å². The fourth-order valence-corrected chi connectivity index (χ4v) is 3.00. The van der Waals surface area contributed by atoms with Crippen molar-refractivity contribution in [3.8, 4) is 11.5 Å². The molecular formula is C18H14Cl2N2O3S. The van der Waals surface area contributed by atoms with Crippen LogP contribution in [0.5, 0.6) is 11.5 Å². The Morgan fingerprint density at radius 2 is 1.92 bits per heavy atom. The van der Waals surface area contributed by atoms with Crippen molar-refractivity contribution >= 4 is 52.5 Å². The molecule has 134 valence electrons. The number of thiocarbonyl (C=S) groups is 1. The lowest BCUT2D eigenvalue weighted by Crippen LogP contribution is -2.21. The number of hydrogen-bond acceptors (Lipinski definition) is 4. The summed E-state index contributed by atoms with van der Waals surface area (Å²) < 4.78 is 11.2. The molecule has 1 aliphatic heterocycles. The minimum Gasteiger partial charge on any atom is -0.493 e. The number of amides is 1. The molecule has 3 rings (SSSR count). The average molecular weight is 409 g/mol. The first kappa shape index (κ1) is 18.5. The third-order valence-electron chi connectivity index (χ3n) is 3.62. The Bertz CT molecular complexity index is 915. The Hall–Kier alpha value is -2.28. The van der Waals surface area contributed by atoms with Gasteiger partial charge in [-0.25, -0.2) is 0 Å². The number of halogens is 2. The lowest BCUT2D eigenvalue weighted by atomic mass is 10.1. The normalized spacial score (nSPS) is 15.0. The molecule has 2 aromatic carbocycles. The highest BCUT2D eigenvalue weighted by atomic mass is 35.5. The SMILES string of the molecule is COc1cc(/C=C2\NC(=S)NC2=O)ccc1OCc1ccc(Cl)cc1Cl. The molecule has 0 saturated carbocycles. The molecule has 0 radical (unpaired) electrons. The van der Waals surface area contributed by atoms with Crippen molar-refractivity contribution < 1.29 is 14.3 Å². The van der Waals surface area contributed by atoms with Gasteiger partial charge >= 0.3 is 0 Å². The molecule has 1 fully saturated rings. The summed E-state index contributed by atoms with van der Waals surface area (Å²) in [5.74, 6) is 0.817. The minimum atomic E-state index is -0.272. The molecule has 0 unspecified atom stereocenters. The zero-order chi connectivity index (χ0) is 18.7. The van der Waals surface area contributed by atoms with Gasteiger partial charge in [0, 0.05) is 15.6 Å². The molecule has 0 aromatic heterocycles. The van der Waals surface area contributed by atoms with Crippen LogP contribution in [0.15, 0.2) is 42.1 Å². The predicted octanol–water partition coefficient (Wildman–Crippen LogP) is 3.93. The fourth-order valence-electron chi connectivity index (χ4n) is 2.34. The Morgan fingerprint density at radius 3 is 2.58 bits per heavy atom. The van der Waals surface area contributed by atoms with E-state index in [9.17, 15) is 4.79 Å². The molecule has 0 aliphatic carbocycles. The number of carbonyl (C=O) groups excluding carboxylic acids is 1. The highest BCUT2D eigenvalue weighted by molar-refractivity contribution is 7.80. The number of benzene rings is 2. The molecule has 2 N–H and O–H groups in total. The van der Waals surface area contributed by atoms with Crippen molar-refractivity contribution in [2.75, 3.05) is 7.11 Å². The molecule has 5 nitrogen and oxygen atoms in total. The molecule has 1 aliphatic rings. The van der Waals surface area contributed by atoms with E-state index in [4.69, 9.17) is 44.9 Å². The lowest BCUT2D eigenvalue weighted by molar-refractivity contribution is -0.115. The predicted molar refractivity (Wildman–Crippen MR) is 106 cm³/mol. The van der Waals surface area contributed by atoms with Crippen LogP contribution >= 0.6 is 35.4 Å². The molecule has 1 amide bonds. The Labute approximate surface area is 165 Å². The van der Waals surface area contributed by atoms with Gasteiger partial charge < -0.3 is 14.8 Å². The van der Waals surface area contributed by atoms with Crippen molar-refractivity contribution in [1.29, 1.82) is 0 Å². The van der Waals surface area contributed by atoms with Crippen LogP contribution in [0.25, 0.3) is 6.08 Å². The first-order valence-corrected chi connectivity index (χ1v) is 8.71. The van der Waals surface area contributed by atoms with E-state index in [0.29, 0.717) is 27.2 Å². The Balaban J connectivity index is 1.77. The van der Waals surface area contributed by atoms with E-state index in [0.717, 1.165) is 11.1 Å². The molecule has 1 saturated heterocycles. The first-order valence-electron chi connectivity index (χ1n) is 7.55. The number of nitrogens with one attached hydrogen (secondary N) is 2. The van der Waals surface area contributed by atoms with Crippen molar-refractivity contribution in [3.63, 3.8) is 0 Å². The van der Waals surface area contributed by atoms with E-state index < -0.39 is 0 Å². The van der Waals surface area contributed by atoms with Gasteiger partial charge in [0.25, 0.3) is 5.91 Å². The van der Waals surface area contributed by atoms with E-state index in [-0.39, 0.29) is 17.6 Å². The third-order valence-corrected chi connectivity index (χ3v) is 4.41. The maximum atomic E-state index is 11.7. The number of rotatable bonds is 5. The number of ether oxygens (including phenoxy) is 2. The van der Waals surface area contributed by atoms with Gasteiger partial charge in [0.2, 0.25) is 0 Å². The molecular weight excluding hydrogens is 395 g/mol. The third kappa shape index (κ3) is 4.27. The summed E-state index contributed by atoms with van der Waals surface area (Å²) in [6.07, 6.45) is 1.68. The molecule has 26 heavy (non-hydrogen) atoms. The second kappa shape index (κ2) is 7.95.